The highest BCUT2D eigenvalue weighted by molar-refractivity contribution is 5.86. The number of rotatable bonds is 11. The van der Waals surface area contributed by atoms with Gasteiger partial charge in [-0.15, -0.1) is 0 Å². The molecule has 14 nitrogen and oxygen atoms in total. The Kier molecular flexibility index (Phi) is 12.5. The van der Waals surface area contributed by atoms with Gasteiger partial charge in [-0.2, -0.15) is 0 Å². The monoisotopic (exact) mass is 798 g/mol. The molecule has 56 heavy (non-hydrogen) atoms. The highest BCUT2D eigenvalue weighted by Crippen LogP contribution is 2.75. The number of fused-ring (bicyclic) bond motifs is 5. The van der Waals surface area contributed by atoms with Crippen molar-refractivity contribution in [3.63, 3.8) is 0 Å². The summed E-state index contributed by atoms with van der Waals surface area (Å²) in [4.78, 5) is 12.6. The van der Waals surface area contributed by atoms with E-state index in [1.54, 1.807) is 13.8 Å². The molecule has 4 aliphatic carbocycles. The molecule has 0 aromatic heterocycles. The predicted molar refractivity (Wildman–Crippen MR) is 201 cm³/mol. The van der Waals surface area contributed by atoms with Crippen molar-refractivity contribution in [3.05, 3.63) is 11.6 Å². The highest BCUT2D eigenvalue weighted by atomic mass is 16.7. The van der Waals surface area contributed by atoms with Gasteiger partial charge in [-0.05, 0) is 93.3 Å². The molecule has 6 rings (SSSR count). The van der Waals surface area contributed by atoms with E-state index < -0.39 is 103 Å². The fourth-order valence-electron chi connectivity index (χ4n) is 12.5. The fraction of sp³-hybridized carbons (Fsp3) is 0.929. The van der Waals surface area contributed by atoms with Crippen molar-refractivity contribution in [1.82, 2.24) is 0 Å². The minimum Gasteiger partial charge on any atom is -0.394 e. The normalized spacial score (nSPS) is 49.7. The van der Waals surface area contributed by atoms with Crippen LogP contribution in [0.4, 0.5) is 0 Å². The molecule has 0 amide bonds. The molecule has 0 spiro atoms. The summed E-state index contributed by atoms with van der Waals surface area (Å²) in [6.07, 6.45) is -7.75. The number of ketones is 1. The summed E-state index contributed by atoms with van der Waals surface area (Å²) in [6.45, 7) is 15.5. The van der Waals surface area contributed by atoms with Crippen LogP contribution in [0.5, 0.6) is 0 Å². The number of aliphatic hydroxyl groups excluding tert-OH is 8. The molecule has 2 saturated heterocycles. The van der Waals surface area contributed by atoms with E-state index in [2.05, 4.69) is 47.6 Å². The molecular formula is C42H70O14. The van der Waals surface area contributed by atoms with Gasteiger partial charge < -0.3 is 64.9 Å². The van der Waals surface area contributed by atoms with Gasteiger partial charge in [0, 0.05) is 17.3 Å². The second-order valence-corrected chi connectivity index (χ2v) is 20.0. The largest absolute Gasteiger partial charge is 0.394 e. The van der Waals surface area contributed by atoms with E-state index in [0.717, 1.165) is 25.7 Å². The van der Waals surface area contributed by atoms with Gasteiger partial charge in [-0.25, -0.2) is 0 Å². The molecule has 3 saturated carbocycles. The summed E-state index contributed by atoms with van der Waals surface area (Å²) in [5.41, 5.74) is -1.26. The average Bonchev–Trinajstić information content (AvgIpc) is 3.40. The lowest BCUT2D eigenvalue weighted by molar-refractivity contribution is -0.340. The van der Waals surface area contributed by atoms with Crippen molar-refractivity contribution in [2.24, 2.45) is 45.3 Å². The minimum absolute atomic E-state index is 0.0383. The van der Waals surface area contributed by atoms with Crippen LogP contribution in [0.2, 0.25) is 0 Å². The van der Waals surface area contributed by atoms with Crippen molar-refractivity contribution >= 4 is 5.78 Å². The highest BCUT2D eigenvalue weighted by Gasteiger charge is 2.70. The molecule has 322 valence electrons. The van der Waals surface area contributed by atoms with Crippen molar-refractivity contribution in [3.8, 4) is 0 Å². The van der Waals surface area contributed by atoms with Crippen molar-refractivity contribution < 1.29 is 69.7 Å². The van der Waals surface area contributed by atoms with Crippen LogP contribution in [0.1, 0.15) is 107 Å². The molecule has 6 aliphatic rings. The second kappa shape index (κ2) is 15.7. The Hall–Kier alpha value is -1.11. The molecule has 2 unspecified atom stereocenters. The SMILES string of the molecule is CC(CCC(=O)C(C)(C)O)[C@H]1CC[C@@]2(C)C3CC=C4[C@@H](CC[C@H](O[C@@H]5O[C@H](CO[C@@H]6O[C@H](CO)[C@@H](O)[C@H](O)[C@H]6O)[C@@H](O)[C@H](O)[C@H]5O)C4(C)C)[C@]3(C)[C@H](O)C[C@]12C. The van der Waals surface area contributed by atoms with Crippen molar-refractivity contribution in [2.75, 3.05) is 13.2 Å². The van der Waals surface area contributed by atoms with Crippen LogP contribution in [0, 0.1) is 45.3 Å². The Labute approximate surface area is 331 Å². The Morgan fingerprint density at radius 2 is 1.46 bits per heavy atom. The van der Waals surface area contributed by atoms with E-state index in [-0.39, 0.29) is 34.4 Å². The quantitative estimate of drug-likeness (QED) is 0.134. The standard InChI is InChI=1S/C42H70O14/c1-20(9-13-27(44)39(4,5)52)21-15-16-40(6)26-12-10-22-23(42(26,8)28(45)17-41(21,40)7)11-14-29(38(22,2)3)56-37-35(51)33(49)31(47)25(55-37)19-53-36-34(50)32(48)30(46)24(18-43)54-36/h10,20-21,23-26,28-37,43,45-52H,9,11-19H2,1-8H3/t20?,21-,23-,24-,25-,26?,28-,29+,30-,31-,32+,33+,34-,35-,36-,37+,40+,41-,42+/m1/s1. The van der Waals surface area contributed by atoms with E-state index in [1.165, 1.54) is 5.57 Å². The molecule has 14 heteroatoms. The maximum Gasteiger partial charge on any atom is 0.187 e. The van der Waals surface area contributed by atoms with Gasteiger partial charge in [0.15, 0.2) is 18.4 Å². The molecule has 19 atom stereocenters. The average molecular weight is 799 g/mol. The van der Waals surface area contributed by atoms with Gasteiger partial charge in [-0.1, -0.05) is 53.2 Å². The molecule has 0 aromatic rings. The first-order valence-electron chi connectivity index (χ1n) is 20.9. The first kappa shape index (κ1) is 44.4. The molecule has 5 fully saturated rings. The van der Waals surface area contributed by atoms with E-state index in [1.807, 2.05) is 0 Å². The van der Waals surface area contributed by atoms with Crippen LogP contribution in [-0.2, 0) is 23.7 Å². The molecule has 0 aromatic carbocycles. The van der Waals surface area contributed by atoms with E-state index in [9.17, 15) is 50.8 Å². The maximum atomic E-state index is 12.6. The number of Topliss-reactive ketones (excluding diaryl/α,β-unsaturated/α-hetero) is 1. The number of carbonyl (C=O) groups excluding carboxylic acids is 1. The number of hydrogen-bond acceptors (Lipinski definition) is 14. The van der Waals surface area contributed by atoms with E-state index in [4.69, 9.17) is 18.9 Å². The summed E-state index contributed by atoms with van der Waals surface area (Å²) in [5.74, 6) is 0.775. The smallest absolute Gasteiger partial charge is 0.187 e. The summed E-state index contributed by atoms with van der Waals surface area (Å²) < 4.78 is 23.5. The number of ether oxygens (including phenoxy) is 4. The van der Waals surface area contributed by atoms with Gasteiger partial charge in [-0.3, -0.25) is 4.79 Å². The zero-order valence-corrected chi connectivity index (χ0v) is 34.5. The topological polar surface area (TPSA) is 236 Å². The fourth-order valence-corrected chi connectivity index (χ4v) is 12.5. The van der Waals surface area contributed by atoms with Gasteiger partial charge in [0.1, 0.15) is 54.4 Å². The molecule has 2 heterocycles. The predicted octanol–water partition coefficient (Wildman–Crippen LogP) is 1.33. The molecule has 2 aliphatic heterocycles. The Morgan fingerprint density at radius 1 is 0.857 bits per heavy atom. The summed E-state index contributed by atoms with van der Waals surface area (Å²) in [5, 5.41) is 95.5. The van der Waals surface area contributed by atoms with Gasteiger partial charge in [0.2, 0.25) is 0 Å². The van der Waals surface area contributed by atoms with Crippen LogP contribution in [-0.4, -0.2) is 144 Å². The molecule has 9 N–H and O–H groups in total. The second-order valence-electron chi connectivity index (χ2n) is 20.0. The zero-order valence-electron chi connectivity index (χ0n) is 34.5. The van der Waals surface area contributed by atoms with E-state index >= 15 is 0 Å². The van der Waals surface area contributed by atoms with Gasteiger partial charge in [0.25, 0.3) is 0 Å². The number of aliphatic hydroxyl groups is 9. The third kappa shape index (κ3) is 7.17. The Balaban J connectivity index is 1.16. The van der Waals surface area contributed by atoms with Crippen molar-refractivity contribution in [1.29, 1.82) is 0 Å². The zero-order chi connectivity index (χ0) is 41.5. The number of carbonyl (C=O) groups is 1. The van der Waals surface area contributed by atoms with E-state index in [0.29, 0.717) is 31.6 Å². The third-order valence-electron chi connectivity index (χ3n) is 16.4. The Morgan fingerprint density at radius 3 is 2.09 bits per heavy atom. The lowest BCUT2D eigenvalue weighted by Gasteiger charge is -2.67. The van der Waals surface area contributed by atoms with Crippen LogP contribution in [0.3, 0.4) is 0 Å². The summed E-state index contributed by atoms with van der Waals surface area (Å²) in [7, 11) is 0. The molecular weight excluding hydrogens is 728 g/mol. The Bertz CT molecular complexity index is 1450. The van der Waals surface area contributed by atoms with Crippen LogP contribution >= 0.6 is 0 Å². The first-order chi connectivity index (χ1) is 25.9. The van der Waals surface area contributed by atoms with Crippen LogP contribution in [0.15, 0.2) is 11.6 Å². The van der Waals surface area contributed by atoms with Crippen LogP contribution in [0.25, 0.3) is 0 Å². The van der Waals surface area contributed by atoms with Gasteiger partial charge in [0.05, 0.1) is 25.4 Å². The summed E-state index contributed by atoms with van der Waals surface area (Å²) >= 11 is 0. The van der Waals surface area contributed by atoms with Gasteiger partial charge >= 0.3 is 0 Å². The van der Waals surface area contributed by atoms with Crippen molar-refractivity contribution in [2.45, 2.75) is 186 Å². The maximum absolute atomic E-state index is 12.6. The minimum atomic E-state index is -1.67. The summed E-state index contributed by atoms with van der Waals surface area (Å²) in [6, 6.07) is 0. The lowest BCUT2D eigenvalue weighted by atomic mass is 9.38. The molecule has 0 bridgehead atoms. The third-order valence-corrected chi connectivity index (χ3v) is 16.4. The van der Waals surface area contributed by atoms with Crippen LogP contribution < -0.4 is 0 Å². The molecule has 0 radical (unpaired) electrons. The number of allylic oxidation sites excluding steroid dienone is 1. The lowest BCUT2D eigenvalue weighted by Crippen LogP contribution is -2.65. The number of hydrogen-bond donors (Lipinski definition) is 9. The first-order valence-corrected chi connectivity index (χ1v) is 20.9.